The Hall–Kier alpha value is -0.860. The first-order chi connectivity index (χ1) is 8.43. The Morgan fingerprint density at radius 3 is 2.88 bits per heavy atom. The zero-order valence-electron chi connectivity index (χ0n) is 10.5. The number of hydrogen-bond acceptors (Lipinski definition) is 2. The first-order valence-corrected chi connectivity index (χ1v) is 6.94. The van der Waals surface area contributed by atoms with Crippen molar-refractivity contribution in [1.29, 1.82) is 0 Å². The Bertz CT molecular complexity index is 369. The van der Waals surface area contributed by atoms with Crippen LogP contribution in [-0.2, 0) is 6.54 Å². The molecule has 1 atom stereocenters. The number of likely N-dealkylation sites (tertiary alicyclic amines) is 1. The van der Waals surface area contributed by atoms with E-state index in [0.29, 0.717) is 0 Å². The first kappa shape index (κ1) is 11.2. The van der Waals surface area contributed by atoms with Gasteiger partial charge in [-0.15, -0.1) is 0 Å². The minimum atomic E-state index is 0.723. The van der Waals surface area contributed by atoms with Crippen molar-refractivity contribution in [2.75, 3.05) is 26.2 Å². The second-order valence-electron chi connectivity index (χ2n) is 5.36. The number of benzene rings is 1. The molecule has 0 amide bonds. The average molecular weight is 230 g/mol. The highest BCUT2D eigenvalue weighted by molar-refractivity contribution is 5.32. The smallest absolute Gasteiger partial charge is 0.0208 e. The van der Waals surface area contributed by atoms with Crippen LogP contribution in [0, 0.1) is 0 Å². The van der Waals surface area contributed by atoms with E-state index in [0.717, 1.165) is 19.0 Å². The Morgan fingerprint density at radius 1 is 1.18 bits per heavy atom. The van der Waals surface area contributed by atoms with E-state index in [1.165, 1.54) is 44.5 Å². The molecular formula is C15H22N2. The third kappa shape index (κ3) is 2.53. The predicted molar refractivity (Wildman–Crippen MR) is 71.2 cm³/mol. The van der Waals surface area contributed by atoms with Gasteiger partial charge in [-0.2, -0.15) is 0 Å². The molecule has 0 aromatic heterocycles. The Kier molecular flexibility index (Phi) is 3.44. The third-order valence-electron chi connectivity index (χ3n) is 4.19. The number of rotatable bonds is 3. The van der Waals surface area contributed by atoms with Crippen LogP contribution in [0.3, 0.4) is 0 Å². The molecule has 1 saturated heterocycles. The van der Waals surface area contributed by atoms with E-state index in [1.807, 2.05) is 0 Å². The largest absolute Gasteiger partial charge is 0.312 e. The summed E-state index contributed by atoms with van der Waals surface area (Å²) in [4.78, 5) is 2.62. The molecule has 2 aliphatic rings. The second-order valence-corrected chi connectivity index (χ2v) is 5.36. The molecule has 2 heteroatoms. The van der Waals surface area contributed by atoms with E-state index in [9.17, 15) is 0 Å². The van der Waals surface area contributed by atoms with Gasteiger partial charge in [0.25, 0.3) is 0 Å². The summed E-state index contributed by atoms with van der Waals surface area (Å²) in [6.45, 7) is 6.13. The van der Waals surface area contributed by atoms with Gasteiger partial charge in [-0.25, -0.2) is 0 Å². The van der Waals surface area contributed by atoms with Gasteiger partial charge in [0, 0.05) is 13.1 Å². The fraction of sp³-hybridized carbons (Fsp3) is 0.600. The molecule has 17 heavy (non-hydrogen) atoms. The van der Waals surface area contributed by atoms with E-state index in [1.54, 1.807) is 5.56 Å². The van der Waals surface area contributed by atoms with Crippen molar-refractivity contribution in [3.63, 3.8) is 0 Å². The second kappa shape index (κ2) is 5.19. The monoisotopic (exact) mass is 230 g/mol. The Labute approximate surface area is 104 Å². The molecule has 1 N–H and O–H groups in total. The van der Waals surface area contributed by atoms with Gasteiger partial charge in [-0.1, -0.05) is 24.3 Å². The summed E-state index contributed by atoms with van der Waals surface area (Å²) >= 11 is 0. The van der Waals surface area contributed by atoms with Crippen molar-refractivity contribution in [2.24, 2.45) is 0 Å². The van der Waals surface area contributed by atoms with Gasteiger partial charge < -0.3 is 10.2 Å². The van der Waals surface area contributed by atoms with Gasteiger partial charge in [0.05, 0.1) is 0 Å². The predicted octanol–water partition coefficient (Wildman–Crippen LogP) is 2.36. The van der Waals surface area contributed by atoms with E-state index < -0.39 is 0 Å². The fourth-order valence-electron chi connectivity index (χ4n) is 3.19. The minimum absolute atomic E-state index is 0.723. The normalized spacial score (nSPS) is 24.8. The van der Waals surface area contributed by atoms with Crippen molar-refractivity contribution in [3.8, 4) is 0 Å². The summed E-state index contributed by atoms with van der Waals surface area (Å²) < 4.78 is 0. The van der Waals surface area contributed by atoms with Crippen LogP contribution in [0.15, 0.2) is 24.3 Å². The van der Waals surface area contributed by atoms with Crippen LogP contribution in [0.4, 0.5) is 0 Å². The first-order valence-electron chi connectivity index (χ1n) is 6.94. The van der Waals surface area contributed by atoms with E-state index in [-0.39, 0.29) is 0 Å². The molecule has 0 spiro atoms. The van der Waals surface area contributed by atoms with Crippen LogP contribution in [0.25, 0.3) is 0 Å². The van der Waals surface area contributed by atoms with Gasteiger partial charge >= 0.3 is 0 Å². The zero-order valence-corrected chi connectivity index (χ0v) is 10.5. The van der Waals surface area contributed by atoms with Crippen molar-refractivity contribution in [3.05, 3.63) is 35.4 Å². The van der Waals surface area contributed by atoms with E-state index in [2.05, 4.69) is 34.5 Å². The Morgan fingerprint density at radius 2 is 2.00 bits per heavy atom. The molecule has 3 rings (SSSR count). The number of hydrogen-bond donors (Lipinski definition) is 1. The minimum Gasteiger partial charge on any atom is -0.312 e. The summed E-state index contributed by atoms with van der Waals surface area (Å²) in [5.41, 5.74) is 3.09. The average Bonchev–Trinajstić information content (AvgIpc) is 2.89. The van der Waals surface area contributed by atoms with Crippen LogP contribution in [0.2, 0.25) is 0 Å². The van der Waals surface area contributed by atoms with Gasteiger partial charge in [-0.3, -0.25) is 0 Å². The molecule has 0 bridgehead atoms. The lowest BCUT2D eigenvalue weighted by Gasteiger charge is -2.28. The lowest BCUT2D eigenvalue weighted by atomic mass is 9.88. The number of nitrogens with one attached hydrogen (secondary N) is 1. The highest BCUT2D eigenvalue weighted by Gasteiger charge is 2.20. The molecule has 0 saturated carbocycles. The molecule has 1 aromatic carbocycles. The molecule has 2 nitrogen and oxygen atoms in total. The molecule has 0 radical (unpaired) electrons. The van der Waals surface area contributed by atoms with Crippen LogP contribution < -0.4 is 5.32 Å². The molecule has 2 aliphatic heterocycles. The van der Waals surface area contributed by atoms with Crippen LogP contribution in [0.1, 0.15) is 36.3 Å². The third-order valence-corrected chi connectivity index (χ3v) is 4.19. The quantitative estimate of drug-likeness (QED) is 0.857. The van der Waals surface area contributed by atoms with E-state index in [4.69, 9.17) is 0 Å². The van der Waals surface area contributed by atoms with Gasteiger partial charge in [0.1, 0.15) is 0 Å². The van der Waals surface area contributed by atoms with Crippen LogP contribution in [-0.4, -0.2) is 31.1 Å². The number of nitrogens with zero attached hydrogens (tertiary/aromatic N) is 1. The lowest BCUT2D eigenvalue weighted by Crippen LogP contribution is -2.31. The summed E-state index contributed by atoms with van der Waals surface area (Å²) in [5, 5.41) is 3.55. The molecular weight excluding hydrogens is 208 g/mol. The highest BCUT2D eigenvalue weighted by Crippen LogP contribution is 2.27. The molecule has 1 unspecified atom stereocenters. The van der Waals surface area contributed by atoms with Crippen molar-refractivity contribution >= 4 is 0 Å². The Balaban J connectivity index is 1.64. The summed E-state index contributed by atoms with van der Waals surface area (Å²) in [5.74, 6) is 0.723. The van der Waals surface area contributed by atoms with Gasteiger partial charge in [-0.05, 0) is 55.9 Å². The van der Waals surface area contributed by atoms with Crippen molar-refractivity contribution < 1.29 is 0 Å². The van der Waals surface area contributed by atoms with Crippen LogP contribution in [0.5, 0.6) is 0 Å². The maximum absolute atomic E-state index is 3.55. The van der Waals surface area contributed by atoms with Gasteiger partial charge in [0.2, 0.25) is 0 Å². The summed E-state index contributed by atoms with van der Waals surface area (Å²) in [6.07, 6.45) is 4.11. The molecule has 92 valence electrons. The van der Waals surface area contributed by atoms with Gasteiger partial charge in [0.15, 0.2) is 0 Å². The maximum atomic E-state index is 3.55. The maximum Gasteiger partial charge on any atom is 0.0208 e. The van der Waals surface area contributed by atoms with Crippen LogP contribution >= 0.6 is 0 Å². The SMILES string of the molecule is c1ccc2c(c1)CNCC2CCN1CCCC1. The van der Waals surface area contributed by atoms with Crippen molar-refractivity contribution in [1.82, 2.24) is 10.2 Å². The number of fused-ring (bicyclic) bond motifs is 1. The summed E-state index contributed by atoms with van der Waals surface area (Å²) in [7, 11) is 0. The fourth-order valence-corrected chi connectivity index (χ4v) is 3.19. The van der Waals surface area contributed by atoms with E-state index >= 15 is 0 Å². The standard InChI is InChI=1S/C15H22N2/c1-2-6-15-13(5-1)11-16-12-14(15)7-10-17-8-3-4-9-17/h1-2,5-6,14,16H,3-4,7-12H2. The summed E-state index contributed by atoms with van der Waals surface area (Å²) in [6, 6.07) is 8.94. The molecule has 0 aliphatic carbocycles. The molecule has 1 fully saturated rings. The molecule has 2 heterocycles. The molecule has 1 aromatic rings. The topological polar surface area (TPSA) is 15.3 Å². The van der Waals surface area contributed by atoms with Crippen molar-refractivity contribution in [2.45, 2.75) is 31.7 Å². The zero-order chi connectivity index (χ0) is 11.5. The lowest BCUT2D eigenvalue weighted by molar-refractivity contribution is 0.316. The highest BCUT2D eigenvalue weighted by atomic mass is 15.1.